The SMILES string of the molecule is CCN(Cc1c(C)nc2sc(C)cn12)CC(C)(C)O. The molecule has 0 aliphatic carbocycles. The molecule has 0 radical (unpaired) electrons. The first-order valence-corrected chi connectivity index (χ1v) is 7.50. The van der Waals surface area contributed by atoms with E-state index in [0.29, 0.717) is 6.54 Å². The molecule has 0 amide bonds. The van der Waals surface area contributed by atoms with Gasteiger partial charge in [0.05, 0.1) is 17.0 Å². The molecular formula is C14H23N3OS. The van der Waals surface area contributed by atoms with Gasteiger partial charge in [0.25, 0.3) is 0 Å². The fraction of sp³-hybridized carbons (Fsp3) is 0.643. The van der Waals surface area contributed by atoms with Crippen molar-refractivity contribution in [2.24, 2.45) is 0 Å². The Hall–Kier alpha value is -0.910. The van der Waals surface area contributed by atoms with Gasteiger partial charge in [-0.05, 0) is 34.2 Å². The van der Waals surface area contributed by atoms with Crippen molar-refractivity contribution in [1.29, 1.82) is 0 Å². The van der Waals surface area contributed by atoms with Gasteiger partial charge in [0, 0.05) is 24.2 Å². The van der Waals surface area contributed by atoms with Crippen LogP contribution in [0.5, 0.6) is 0 Å². The van der Waals surface area contributed by atoms with Crippen LogP contribution in [-0.4, -0.2) is 38.1 Å². The molecule has 0 fully saturated rings. The van der Waals surface area contributed by atoms with E-state index in [1.54, 1.807) is 11.3 Å². The number of fused-ring (bicyclic) bond motifs is 1. The Morgan fingerprint density at radius 2 is 2.11 bits per heavy atom. The number of hydrogen-bond donors (Lipinski definition) is 1. The van der Waals surface area contributed by atoms with E-state index in [1.165, 1.54) is 10.6 Å². The normalized spacial score (nSPS) is 12.8. The Balaban J connectivity index is 2.25. The first-order valence-electron chi connectivity index (χ1n) is 6.69. The number of likely N-dealkylation sites (N-methyl/N-ethyl adjacent to an activating group) is 1. The van der Waals surface area contributed by atoms with Crippen molar-refractivity contribution in [3.05, 3.63) is 22.5 Å². The Labute approximate surface area is 118 Å². The largest absolute Gasteiger partial charge is 0.389 e. The third kappa shape index (κ3) is 3.35. The van der Waals surface area contributed by atoms with Crippen LogP contribution in [0.15, 0.2) is 6.20 Å². The predicted molar refractivity (Wildman–Crippen MR) is 79.8 cm³/mol. The third-order valence-electron chi connectivity index (χ3n) is 3.17. The van der Waals surface area contributed by atoms with Crippen molar-refractivity contribution in [3.8, 4) is 0 Å². The highest BCUT2D eigenvalue weighted by molar-refractivity contribution is 7.17. The quantitative estimate of drug-likeness (QED) is 0.916. The Morgan fingerprint density at radius 1 is 1.42 bits per heavy atom. The highest BCUT2D eigenvalue weighted by Crippen LogP contribution is 2.22. The number of aryl methyl sites for hydroxylation is 2. The van der Waals surface area contributed by atoms with Crippen LogP contribution in [0, 0.1) is 13.8 Å². The number of hydrogen-bond acceptors (Lipinski definition) is 4. The van der Waals surface area contributed by atoms with E-state index in [1.807, 2.05) is 13.8 Å². The number of aliphatic hydroxyl groups is 1. The third-order valence-corrected chi connectivity index (χ3v) is 4.07. The molecule has 4 nitrogen and oxygen atoms in total. The van der Waals surface area contributed by atoms with Gasteiger partial charge in [-0.2, -0.15) is 0 Å². The summed E-state index contributed by atoms with van der Waals surface area (Å²) in [6.45, 7) is 12.4. The van der Waals surface area contributed by atoms with E-state index in [4.69, 9.17) is 0 Å². The molecule has 0 aromatic carbocycles. The van der Waals surface area contributed by atoms with Crippen molar-refractivity contribution in [3.63, 3.8) is 0 Å². The maximum atomic E-state index is 9.97. The summed E-state index contributed by atoms with van der Waals surface area (Å²) in [6, 6.07) is 0. The van der Waals surface area contributed by atoms with Crippen molar-refractivity contribution >= 4 is 16.3 Å². The number of nitrogens with zero attached hydrogens (tertiary/aromatic N) is 3. The second-order valence-electron chi connectivity index (χ2n) is 5.75. The topological polar surface area (TPSA) is 40.8 Å². The fourth-order valence-electron chi connectivity index (χ4n) is 2.34. The summed E-state index contributed by atoms with van der Waals surface area (Å²) >= 11 is 1.72. The summed E-state index contributed by atoms with van der Waals surface area (Å²) in [5.41, 5.74) is 1.64. The van der Waals surface area contributed by atoms with E-state index in [9.17, 15) is 5.11 Å². The molecule has 0 atom stereocenters. The first-order chi connectivity index (χ1) is 8.80. The second kappa shape index (κ2) is 5.23. The van der Waals surface area contributed by atoms with Gasteiger partial charge in [-0.3, -0.25) is 9.30 Å². The van der Waals surface area contributed by atoms with Gasteiger partial charge in [-0.25, -0.2) is 4.98 Å². The van der Waals surface area contributed by atoms with Gasteiger partial charge in [0.1, 0.15) is 0 Å². The highest BCUT2D eigenvalue weighted by Gasteiger charge is 2.20. The maximum Gasteiger partial charge on any atom is 0.194 e. The number of thiazole rings is 1. The van der Waals surface area contributed by atoms with Gasteiger partial charge in [0.2, 0.25) is 0 Å². The molecule has 0 saturated heterocycles. The van der Waals surface area contributed by atoms with Crippen LogP contribution in [0.2, 0.25) is 0 Å². The Morgan fingerprint density at radius 3 is 2.68 bits per heavy atom. The van der Waals surface area contributed by atoms with Crippen LogP contribution < -0.4 is 0 Å². The summed E-state index contributed by atoms with van der Waals surface area (Å²) in [6.07, 6.45) is 2.15. The average Bonchev–Trinajstić information content (AvgIpc) is 2.74. The molecule has 5 heteroatoms. The molecule has 0 saturated carbocycles. The molecule has 2 aromatic rings. The summed E-state index contributed by atoms with van der Waals surface area (Å²) < 4.78 is 2.18. The first kappa shape index (κ1) is 14.5. The van der Waals surface area contributed by atoms with E-state index in [-0.39, 0.29) is 0 Å². The lowest BCUT2D eigenvalue weighted by Gasteiger charge is -2.27. The molecule has 2 rings (SSSR count). The summed E-state index contributed by atoms with van der Waals surface area (Å²) in [5, 5.41) is 9.97. The summed E-state index contributed by atoms with van der Waals surface area (Å²) in [5.74, 6) is 0. The van der Waals surface area contributed by atoms with E-state index in [0.717, 1.165) is 23.7 Å². The molecule has 2 aromatic heterocycles. The van der Waals surface area contributed by atoms with Crippen LogP contribution in [0.1, 0.15) is 37.0 Å². The molecule has 0 unspecified atom stereocenters. The van der Waals surface area contributed by atoms with Crippen LogP contribution in [0.4, 0.5) is 0 Å². The number of aromatic nitrogens is 2. The Bertz CT molecular complexity index is 565. The molecule has 2 heterocycles. The number of rotatable bonds is 5. The zero-order chi connectivity index (χ0) is 14.2. The van der Waals surface area contributed by atoms with Crippen LogP contribution in [0.3, 0.4) is 0 Å². The van der Waals surface area contributed by atoms with Crippen LogP contribution in [-0.2, 0) is 6.54 Å². The molecule has 1 N–H and O–H groups in total. The van der Waals surface area contributed by atoms with Crippen LogP contribution in [0.25, 0.3) is 4.96 Å². The Kier molecular flexibility index (Phi) is 3.99. The van der Waals surface area contributed by atoms with E-state index < -0.39 is 5.60 Å². The van der Waals surface area contributed by atoms with Gasteiger partial charge in [-0.1, -0.05) is 6.92 Å². The second-order valence-corrected chi connectivity index (χ2v) is 6.97. The van der Waals surface area contributed by atoms with Crippen molar-refractivity contribution in [1.82, 2.24) is 14.3 Å². The minimum Gasteiger partial charge on any atom is -0.389 e. The van der Waals surface area contributed by atoms with E-state index >= 15 is 0 Å². The molecule has 0 aliphatic rings. The standard InChI is InChI=1S/C14H23N3OS/c1-6-16(9-14(4,5)18)8-12-11(3)15-13-17(12)7-10(2)19-13/h7,18H,6,8-9H2,1-5H3. The summed E-state index contributed by atoms with van der Waals surface area (Å²) in [4.78, 5) is 9.20. The lowest BCUT2D eigenvalue weighted by atomic mass is 10.1. The molecular weight excluding hydrogens is 258 g/mol. The van der Waals surface area contributed by atoms with Gasteiger partial charge in [0.15, 0.2) is 4.96 Å². The average molecular weight is 281 g/mol. The van der Waals surface area contributed by atoms with E-state index in [2.05, 4.69) is 41.3 Å². The van der Waals surface area contributed by atoms with Crippen molar-refractivity contribution < 1.29 is 5.11 Å². The lowest BCUT2D eigenvalue weighted by Crippen LogP contribution is -2.38. The van der Waals surface area contributed by atoms with Crippen molar-refractivity contribution in [2.45, 2.75) is 46.8 Å². The number of imidazole rings is 1. The monoisotopic (exact) mass is 281 g/mol. The van der Waals surface area contributed by atoms with Crippen molar-refractivity contribution in [2.75, 3.05) is 13.1 Å². The lowest BCUT2D eigenvalue weighted by molar-refractivity contribution is 0.0348. The van der Waals surface area contributed by atoms with Gasteiger partial charge < -0.3 is 5.11 Å². The molecule has 106 valence electrons. The fourth-order valence-corrected chi connectivity index (χ4v) is 3.23. The molecule has 19 heavy (non-hydrogen) atoms. The van der Waals surface area contributed by atoms with Crippen LogP contribution >= 0.6 is 11.3 Å². The maximum absolute atomic E-state index is 9.97. The van der Waals surface area contributed by atoms with Gasteiger partial charge in [-0.15, -0.1) is 11.3 Å². The molecule has 0 bridgehead atoms. The van der Waals surface area contributed by atoms with Gasteiger partial charge >= 0.3 is 0 Å². The minimum atomic E-state index is -0.668. The molecule has 0 aliphatic heterocycles. The molecule has 0 spiro atoms. The predicted octanol–water partition coefficient (Wildman–Crippen LogP) is 2.61. The smallest absolute Gasteiger partial charge is 0.194 e. The minimum absolute atomic E-state index is 0.666. The highest BCUT2D eigenvalue weighted by atomic mass is 32.1. The summed E-state index contributed by atoms with van der Waals surface area (Å²) in [7, 11) is 0. The zero-order valence-electron chi connectivity index (χ0n) is 12.4. The zero-order valence-corrected chi connectivity index (χ0v) is 13.2.